The van der Waals surface area contributed by atoms with Crippen molar-refractivity contribution in [1.29, 1.82) is 0 Å². The summed E-state index contributed by atoms with van der Waals surface area (Å²) in [6.07, 6.45) is 5.06. The van der Waals surface area contributed by atoms with E-state index in [4.69, 9.17) is 9.47 Å². The van der Waals surface area contributed by atoms with Crippen LogP contribution >= 0.6 is 11.3 Å². The molecular weight excluding hydrogens is 958 g/mol. The van der Waals surface area contributed by atoms with E-state index in [-0.39, 0.29) is 29.5 Å². The predicted octanol–water partition coefficient (Wildman–Crippen LogP) is 9.94. The molecule has 1 aliphatic rings. The number of unbranched alkanes of at least 4 members (excludes halogenated alkanes) is 6. The van der Waals surface area contributed by atoms with Crippen molar-refractivity contribution in [3.63, 3.8) is 0 Å². The van der Waals surface area contributed by atoms with Crippen LogP contribution in [0.4, 0.5) is 13.2 Å². The van der Waals surface area contributed by atoms with E-state index >= 15 is 0 Å². The van der Waals surface area contributed by atoms with Crippen molar-refractivity contribution in [3.8, 4) is 16.1 Å². The fourth-order valence-corrected chi connectivity index (χ4v) is 10.2. The average Bonchev–Trinajstić information content (AvgIpc) is 4.14. The molecule has 4 heterocycles. The van der Waals surface area contributed by atoms with Crippen molar-refractivity contribution in [2.45, 2.75) is 117 Å². The standard InChI is InChI=1S/C55H69F3N8O6S/c1-36-30-46(52(69)60-32-38-15-17-39(18-16-38)48-37(2)61-35-73-48)65(33-36)53(70)49(54(3,4)5)62-47(67)14-12-10-8-7-9-11-13-26-71-28-29-72-27-25-59-51(68)40-19-24-45-43(31-40)44-34-64(6)63-50(44)66(45)42-22-20-41(21-23-42)55(56,57)58/h15-24,31,34-36,46,49H,7-14,25-30,32-33H2,1-6H3,(H,59,68)(H,60,69)(H,62,67)/t36-,46+,49-/m1/s1. The molecule has 392 valence electrons. The Balaban J connectivity index is 0.723. The van der Waals surface area contributed by atoms with Crippen LogP contribution in [-0.4, -0.2) is 99.5 Å². The number of thiazole rings is 1. The Kier molecular flexibility index (Phi) is 18.5. The number of ether oxygens (including phenoxy) is 2. The SMILES string of the molecule is Cc1ncsc1-c1ccc(CNC(=O)[C@@H]2C[C@@H](C)CN2C(=O)[C@@H](NC(=O)CCCCCCCCCOCCOCCNC(=O)c2ccc3c(c2)c2cn(C)nc2n3-c2ccc(C(F)(F)F)cc2)C(C)(C)C)cc1. The summed E-state index contributed by atoms with van der Waals surface area (Å²) in [6, 6.07) is 16.9. The molecule has 73 heavy (non-hydrogen) atoms. The Morgan fingerprint density at radius 3 is 2.19 bits per heavy atom. The van der Waals surface area contributed by atoms with E-state index in [1.54, 1.807) is 50.7 Å². The summed E-state index contributed by atoms with van der Waals surface area (Å²) < 4.78 is 54.5. The quantitative estimate of drug-likeness (QED) is 0.0505. The summed E-state index contributed by atoms with van der Waals surface area (Å²) >= 11 is 1.60. The van der Waals surface area contributed by atoms with Crippen molar-refractivity contribution in [1.82, 2.24) is 40.2 Å². The highest BCUT2D eigenvalue weighted by atomic mass is 32.1. The smallest absolute Gasteiger partial charge is 0.379 e. The van der Waals surface area contributed by atoms with Gasteiger partial charge in [-0.15, -0.1) is 11.3 Å². The summed E-state index contributed by atoms with van der Waals surface area (Å²) in [5.74, 6) is -0.668. The van der Waals surface area contributed by atoms with Crippen LogP contribution in [0.25, 0.3) is 38.1 Å². The van der Waals surface area contributed by atoms with Crippen LogP contribution in [0.3, 0.4) is 0 Å². The molecule has 1 fully saturated rings. The number of amides is 4. The number of hydrogen-bond acceptors (Lipinski definition) is 9. The lowest BCUT2D eigenvalue weighted by molar-refractivity contribution is -0.144. The zero-order chi connectivity index (χ0) is 52.3. The number of rotatable bonds is 24. The molecule has 3 atom stereocenters. The number of hydrogen-bond donors (Lipinski definition) is 3. The Morgan fingerprint density at radius 1 is 0.836 bits per heavy atom. The van der Waals surface area contributed by atoms with Crippen molar-refractivity contribution in [2.24, 2.45) is 18.4 Å². The highest BCUT2D eigenvalue weighted by molar-refractivity contribution is 7.13. The van der Waals surface area contributed by atoms with E-state index in [1.165, 1.54) is 12.1 Å². The number of nitrogens with zero attached hydrogens (tertiary/aromatic N) is 5. The zero-order valence-electron chi connectivity index (χ0n) is 42.8. The third-order valence-electron chi connectivity index (χ3n) is 13.3. The van der Waals surface area contributed by atoms with Crippen LogP contribution in [0.2, 0.25) is 0 Å². The van der Waals surface area contributed by atoms with Crippen LogP contribution < -0.4 is 16.0 Å². The van der Waals surface area contributed by atoms with Crippen LogP contribution in [0, 0.1) is 18.3 Å². The molecule has 3 aromatic carbocycles. The van der Waals surface area contributed by atoms with Gasteiger partial charge in [0.15, 0.2) is 5.65 Å². The molecule has 1 saturated heterocycles. The molecule has 0 aliphatic carbocycles. The Bertz CT molecular complexity index is 2820. The summed E-state index contributed by atoms with van der Waals surface area (Å²) in [7, 11) is 1.77. The number of halogens is 3. The maximum Gasteiger partial charge on any atom is 0.416 e. The molecule has 3 N–H and O–H groups in total. The van der Waals surface area contributed by atoms with Gasteiger partial charge in [-0.05, 0) is 91.1 Å². The van der Waals surface area contributed by atoms with Gasteiger partial charge in [-0.25, -0.2) is 4.98 Å². The maximum atomic E-state index is 14.1. The summed E-state index contributed by atoms with van der Waals surface area (Å²) in [5.41, 5.74) is 5.86. The third kappa shape index (κ3) is 14.4. The lowest BCUT2D eigenvalue weighted by atomic mass is 9.85. The van der Waals surface area contributed by atoms with Crippen molar-refractivity contribution in [2.75, 3.05) is 39.5 Å². The Hall–Kier alpha value is -6.11. The van der Waals surface area contributed by atoms with Gasteiger partial charge < -0.3 is 30.3 Å². The molecule has 0 radical (unpaired) electrons. The molecule has 18 heteroatoms. The molecule has 0 unspecified atom stereocenters. The number of alkyl halides is 3. The van der Waals surface area contributed by atoms with E-state index in [1.807, 2.05) is 70.6 Å². The fraction of sp³-hybridized carbons (Fsp3) is 0.491. The summed E-state index contributed by atoms with van der Waals surface area (Å²) in [6.45, 7) is 12.8. The van der Waals surface area contributed by atoms with E-state index in [0.717, 1.165) is 95.1 Å². The van der Waals surface area contributed by atoms with E-state index < -0.39 is 29.2 Å². The van der Waals surface area contributed by atoms with Crippen molar-refractivity contribution in [3.05, 3.63) is 101 Å². The molecule has 6 aromatic rings. The van der Waals surface area contributed by atoms with Gasteiger partial charge in [0, 0.05) is 67.9 Å². The van der Waals surface area contributed by atoms with Crippen molar-refractivity contribution >= 4 is 56.9 Å². The van der Waals surface area contributed by atoms with Gasteiger partial charge in [-0.2, -0.15) is 18.3 Å². The second-order valence-corrected chi connectivity index (χ2v) is 21.1. The van der Waals surface area contributed by atoms with Gasteiger partial charge in [-0.3, -0.25) is 28.4 Å². The number of aromatic nitrogens is 4. The first-order chi connectivity index (χ1) is 34.9. The molecule has 3 aromatic heterocycles. The number of benzene rings is 3. The molecule has 4 amide bonds. The number of likely N-dealkylation sites (tertiary alicyclic amines) is 1. The van der Waals surface area contributed by atoms with E-state index in [0.29, 0.717) is 75.8 Å². The average molecular weight is 1030 g/mol. The maximum absolute atomic E-state index is 14.1. The lowest BCUT2D eigenvalue weighted by Crippen LogP contribution is -2.57. The Labute approximate surface area is 429 Å². The van der Waals surface area contributed by atoms with Crippen LogP contribution in [-0.2, 0) is 43.6 Å². The summed E-state index contributed by atoms with van der Waals surface area (Å²) in [5, 5.41) is 15.0. The van der Waals surface area contributed by atoms with Crippen LogP contribution in [0.5, 0.6) is 0 Å². The van der Waals surface area contributed by atoms with Gasteiger partial charge in [0.05, 0.1) is 47.0 Å². The van der Waals surface area contributed by atoms with E-state index in [2.05, 4.69) is 26.0 Å². The number of carbonyl (C=O) groups is 4. The number of carbonyl (C=O) groups excluding carboxylic acids is 4. The van der Waals surface area contributed by atoms with Gasteiger partial charge in [0.25, 0.3) is 5.91 Å². The minimum atomic E-state index is -4.44. The monoisotopic (exact) mass is 1030 g/mol. The first kappa shape index (κ1) is 54.7. The first-order valence-electron chi connectivity index (χ1n) is 25.3. The van der Waals surface area contributed by atoms with Gasteiger partial charge in [-0.1, -0.05) is 84.1 Å². The highest BCUT2D eigenvalue weighted by Crippen LogP contribution is 2.35. The van der Waals surface area contributed by atoms with Crippen LogP contribution in [0.1, 0.15) is 113 Å². The Morgan fingerprint density at radius 2 is 1.52 bits per heavy atom. The largest absolute Gasteiger partial charge is 0.416 e. The molecule has 0 saturated carbocycles. The highest BCUT2D eigenvalue weighted by Gasteiger charge is 2.43. The topological polar surface area (TPSA) is 162 Å². The minimum absolute atomic E-state index is 0.151. The molecule has 0 bridgehead atoms. The second-order valence-electron chi connectivity index (χ2n) is 20.3. The molecule has 1 aliphatic heterocycles. The minimum Gasteiger partial charge on any atom is -0.379 e. The number of aryl methyl sites for hydroxylation is 2. The summed E-state index contributed by atoms with van der Waals surface area (Å²) in [4.78, 5) is 61.0. The lowest BCUT2D eigenvalue weighted by Gasteiger charge is -2.35. The second kappa shape index (κ2) is 24.7. The fourth-order valence-electron chi connectivity index (χ4n) is 9.37. The predicted molar refractivity (Wildman–Crippen MR) is 278 cm³/mol. The van der Waals surface area contributed by atoms with Crippen molar-refractivity contribution < 1.29 is 41.8 Å². The molecule has 14 nitrogen and oxygen atoms in total. The third-order valence-corrected chi connectivity index (χ3v) is 14.3. The normalized spacial score (nSPS) is 15.5. The number of fused-ring (bicyclic) bond motifs is 3. The molecule has 7 rings (SSSR count). The number of nitrogens with one attached hydrogen (secondary N) is 3. The van der Waals surface area contributed by atoms with E-state index in [9.17, 15) is 32.3 Å². The molecular formula is C55H69F3N8O6S. The van der Waals surface area contributed by atoms with Gasteiger partial charge >= 0.3 is 6.18 Å². The first-order valence-corrected chi connectivity index (χ1v) is 26.2. The van der Waals surface area contributed by atoms with Crippen LogP contribution in [0.15, 0.2) is 78.4 Å². The van der Waals surface area contributed by atoms with Gasteiger partial charge in [0.2, 0.25) is 17.7 Å². The molecule has 0 spiro atoms. The zero-order valence-corrected chi connectivity index (χ0v) is 43.6. The van der Waals surface area contributed by atoms with Gasteiger partial charge in [0.1, 0.15) is 12.1 Å².